The number of hydrogen-bond acceptors (Lipinski definition) is 4. The maximum atomic E-state index is 11.4. The molecule has 1 rings (SSSR count). The third-order valence-corrected chi connectivity index (χ3v) is 3.67. The Labute approximate surface area is 104 Å². The van der Waals surface area contributed by atoms with E-state index < -0.39 is 0 Å². The molecule has 0 aromatic carbocycles. The van der Waals surface area contributed by atoms with E-state index in [-0.39, 0.29) is 12.0 Å². The fourth-order valence-corrected chi connectivity index (χ4v) is 2.65. The van der Waals surface area contributed by atoms with Crippen LogP contribution in [-0.2, 0) is 9.53 Å². The highest BCUT2D eigenvalue weighted by Crippen LogP contribution is 2.35. The lowest BCUT2D eigenvalue weighted by Crippen LogP contribution is -2.42. The van der Waals surface area contributed by atoms with Gasteiger partial charge in [-0.2, -0.15) is 0 Å². The molecule has 4 heteroatoms. The molecule has 17 heavy (non-hydrogen) atoms. The molecule has 4 nitrogen and oxygen atoms in total. The van der Waals surface area contributed by atoms with Crippen LogP contribution in [0.15, 0.2) is 0 Å². The van der Waals surface area contributed by atoms with Crippen molar-refractivity contribution in [2.24, 2.45) is 5.41 Å². The number of aliphatic hydroxyl groups excluding tert-OH is 1. The fraction of sp³-hybridized carbons (Fsp3) is 0.923. The van der Waals surface area contributed by atoms with Crippen molar-refractivity contribution in [1.82, 2.24) is 4.90 Å². The van der Waals surface area contributed by atoms with Crippen LogP contribution in [0.25, 0.3) is 0 Å². The van der Waals surface area contributed by atoms with Gasteiger partial charge in [0.25, 0.3) is 0 Å². The molecule has 0 aromatic rings. The number of aliphatic hydroxyl groups is 1. The predicted octanol–water partition coefficient (Wildman–Crippen LogP) is 1.08. The molecule has 0 atom stereocenters. The summed E-state index contributed by atoms with van der Waals surface area (Å²) in [6.07, 6.45) is 6.67. The highest BCUT2D eigenvalue weighted by Gasteiger charge is 2.33. The number of methoxy groups -OCH3 is 1. The third-order valence-electron chi connectivity index (χ3n) is 3.67. The van der Waals surface area contributed by atoms with E-state index in [0.717, 1.165) is 45.1 Å². The van der Waals surface area contributed by atoms with E-state index in [1.54, 1.807) is 7.11 Å². The van der Waals surface area contributed by atoms with E-state index in [2.05, 4.69) is 4.90 Å². The maximum Gasteiger partial charge on any atom is 0.127 e. The molecule has 0 heterocycles. The lowest BCUT2D eigenvalue weighted by Gasteiger charge is -2.36. The van der Waals surface area contributed by atoms with E-state index in [9.17, 15) is 4.79 Å². The molecule has 0 unspecified atom stereocenters. The summed E-state index contributed by atoms with van der Waals surface area (Å²) in [7, 11) is 1.67. The average molecular weight is 243 g/mol. The molecular formula is C13H25NO3. The van der Waals surface area contributed by atoms with Crippen LogP contribution in [0.5, 0.6) is 0 Å². The van der Waals surface area contributed by atoms with Gasteiger partial charge in [0.15, 0.2) is 0 Å². The van der Waals surface area contributed by atoms with Gasteiger partial charge in [0.2, 0.25) is 0 Å². The Morgan fingerprint density at radius 1 is 1.29 bits per heavy atom. The normalized spacial score (nSPS) is 19.5. The molecule has 1 aliphatic carbocycles. The van der Waals surface area contributed by atoms with E-state index in [1.165, 1.54) is 6.42 Å². The summed E-state index contributed by atoms with van der Waals surface area (Å²) in [6, 6.07) is 0. The van der Waals surface area contributed by atoms with E-state index >= 15 is 0 Å². The second-order valence-electron chi connectivity index (χ2n) is 5.03. The van der Waals surface area contributed by atoms with Crippen LogP contribution < -0.4 is 0 Å². The predicted molar refractivity (Wildman–Crippen MR) is 67.0 cm³/mol. The Kier molecular flexibility index (Phi) is 6.70. The summed E-state index contributed by atoms with van der Waals surface area (Å²) in [5.74, 6) is 0. The van der Waals surface area contributed by atoms with Crippen molar-refractivity contribution in [3.63, 3.8) is 0 Å². The number of hydrogen-bond donors (Lipinski definition) is 1. The number of ether oxygens (including phenoxy) is 1. The summed E-state index contributed by atoms with van der Waals surface area (Å²) in [6.45, 7) is 2.96. The molecule has 1 saturated carbocycles. The standard InChI is InChI=1S/C13H25NO3/c1-17-10-8-14(7-9-15)11-13(12-16)5-3-2-4-6-13/h12,15H,2-11H2,1H3. The van der Waals surface area contributed by atoms with Crippen molar-refractivity contribution in [2.75, 3.05) is 40.0 Å². The van der Waals surface area contributed by atoms with Gasteiger partial charge in [-0.05, 0) is 12.8 Å². The van der Waals surface area contributed by atoms with Crippen LogP contribution >= 0.6 is 0 Å². The number of carbonyl (C=O) groups excluding carboxylic acids is 1. The summed E-state index contributed by atoms with van der Waals surface area (Å²) in [5.41, 5.74) is -0.179. The number of nitrogens with zero attached hydrogens (tertiary/aromatic N) is 1. The molecule has 0 radical (unpaired) electrons. The van der Waals surface area contributed by atoms with Crippen LogP contribution in [0, 0.1) is 5.41 Å². The van der Waals surface area contributed by atoms with Gasteiger partial charge < -0.3 is 14.6 Å². The second-order valence-corrected chi connectivity index (χ2v) is 5.03. The SMILES string of the molecule is COCCN(CCO)CC1(C=O)CCCCC1. The second kappa shape index (κ2) is 7.80. The zero-order chi connectivity index (χ0) is 12.6. The molecule has 0 aromatic heterocycles. The Hall–Kier alpha value is -0.450. The largest absolute Gasteiger partial charge is 0.395 e. The quantitative estimate of drug-likeness (QED) is 0.648. The smallest absolute Gasteiger partial charge is 0.127 e. The summed E-state index contributed by atoms with van der Waals surface area (Å²) in [5, 5.41) is 9.05. The van der Waals surface area contributed by atoms with E-state index in [4.69, 9.17) is 9.84 Å². The summed E-state index contributed by atoms with van der Waals surface area (Å²) in [4.78, 5) is 13.5. The van der Waals surface area contributed by atoms with Crippen LogP contribution in [0.4, 0.5) is 0 Å². The first kappa shape index (κ1) is 14.6. The van der Waals surface area contributed by atoms with Gasteiger partial charge in [-0.15, -0.1) is 0 Å². The third kappa shape index (κ3) is 4.74. The Morgan fingerprint density at radius 3 is 2.53 bits per heavy atom. The highest BCUT2D eigenvalue weighted by atomic mass is 16.5. The lowest BCUT2D eigenvalue weighted by atomic mass is 9.75. The highest BCUT2D eigenvalue weighted by molar-refractivity contribution is 5.60. The van der Waals surface area contributed by atoms with Gasteiger partial charge in [0, 0.05) is 32.2 Å². The molecule has 0 aliphatic heterocycles. The molecule has 0 bridgehead atoms. The monoisotopic (exact) mass is 243 g/mol. The Morgan fingerprint density at radius 2 is 2.00 bits per heavy atom. The van der Waals surface area contributed by atoms with Gasteiger partial charge in [0.05, 0.1) is 13.2 Å². The van der Waals surface area contributed by atoms with Crippen molar-refractivity contribution >= 4 is 6.29 Å². The van der Waals surface area contributed by atoms with Crippen molar-refractivity contribution in [2.45, 2.75) is 32.1 Å². The minimum Gasteiger partial charge on any atom is -0.395 e. The molecule has 1 fully saturated rings. The molecule has 0 spiro atoms. The minimum absolute atomic E-state index is 0.138. The lowest BCUT2D eigenvalue weighted by molar-refractivity contribution is -0.119. The zero-order valence-electron chi connectivity index (χ0n) is 10.9. The van der Waals surface area contributed by atoms with Crippen LogP contribution in [0.1, 0.15) is 32.1 Å². The molecule has 100 valence electrons. The average Bonchev–Trinajstić information content (AvgIpc) is 2.37. The molecule has 1 N–H and O–H groups in total. The van der Waals surface area contributed by atoms with Gasteiger partial charge in [-0.1, -0.05) is 19.3 Å². The first-order valence-electron chi connectivity index (χ1n) is 6.55. The molecule has 0 amide bonds. The fourth-order valence-electron chi connectivity index (χ4n) is 2.65. The van der Waals surface area contributed by atoms with Crippen molar-refractivity contribution < 1.29 is 14.6 Å². The Balaban J connectivity index is 2.51. The van der Waals surface area contributed by atoms with Gasteiger partial charge in [0.1, 0.15) is 6.29 Å². The first-order valence-corrected chi connectivity index (χ1v) is 6.55. The number of aldehydes is 1. The van der Waals surface area contributed by atoms with Gasteiger partial charge in [-0.3, -0.25) is 4.90 Å². The Bertz CT molecular complexity index is 215. The van der Waals surface area contributed by atoms with Crippen LogP contribution in [0.3, 0.4) is 0 Å². The topological polar surface area (TPSA) is 49.8 Å². The summed E-state index contributed by atoms with van der Waals surface area (Å²) >= 11 is 0. The first-order chi connectivity index (χ1) is 8.26. The molecular weight excluding hydrogens is 218 g/mol. The van der Waals surface area contributed by atoms with Crippen molar-refractivity contribution in [1.29, 1.82) is 0 Å². The summed E-state index contributed by atoms with van der Waals surface area (Å²) < 4.78 is 5.06. The molecule has 0 saturated heterocycles. The van der Waals surface area contributed by atoms with E-state index in [1.807, 2.05) is 0 Å². The van der Waals surface area contributed by atoms with Crippen molar-refractivity contribution in [3.8, 4) is 0 Å². The van der Waals surface area contributed by atoms with Crippen LogP contribution in [0.2, 0.25) is 0 Å². The van der Waals surface area contributed by atoms with Gasteiger partial charge in [-0.25, -0.2) is 0 Å². The molecule has 1 aliphatic rings. The van der Waals surface area contributed by atoms with Crippen LogP contribution in [-0.4, -0.2) is 56.3 Å². The number of carbonyl (C=O) groups is 1. The minimum atomic E-state index is -0.179. The zero-order valence-corrected chi connectivity index (χ0v) is 10.9. The maximum absolute atomic E-state index is 11.4. The number of rotatable bonds is 8. The van der Waals surface area contributed by atoms with Gasteiger partial charge >= 0.3 is 0 Å². The van der Waals surface area contributed by atoms with Crippen molar-refractivity contribution in [3.05, 3.63) is 0 Å². The van der Waals surface area contributed by atoms with E-state index in [0.29, 0.717) is 13.2 Å².